The molecule has 0 saturated carbocycles. The minimum absolute atomic E-state index is 0.146. The number of aromatic hydroxyl groups is 1. The van der Waals surface area contributed by atoms with E-state index in [1.54, 1.807) is 36.5 Å². The van der Waals surface area contributed by atoms with Gasteiger partial charge in [0.2, 0.25) is 11.8 Å². The molecule has 1 aromatic heterocycles. The molecule has 1 aliphatic carbocycles. The number of benzene rings is 2. The zero-order valence-corrected chi connectivity index (χ0v) is 23.8. The minimum Gasteiger partial charge on any atom is -0.507 e. The second-order valence-electron chi connectivity index (χ2n) is 11.1. The molecule has 0 spiro atoms. The molecule has 2 aromatic carbocycles. The lowest BCUT2D eigenvalue weighted by Crippen LogP contribution is -2.39. The molecule has 1 fully saturated rings. The Hall–Kier alpha value is -4.11. The van der Waals surface area contributed by atoms with Gasteiger partial charge in [-0.1, -0.05) is 24.3 Å². The number of pyridine rings is 1. The lowest BCUT2D eigenvalue weighted by molar-refractivity contribution is -0.123. The predicted molar refractivity (Wildman–Crippen MR) is 160 cm³/mol. The average Bonchev–Trinajstić information content (AvgIpc) is 3.26. The van der Waals surface area contributed by atoms with Crippen LogP contribution < -0.4 is 4.90 Å². The van der Waals surface area contributed by atoms with Crippen molar-refractivity contribution >= 4 is 29.2 Å². The van der Waals surface area contributed by atoms with E-state index in [9.17, 15) is 30.0 Å². The summed E-state index contributed by atoms with van der Waals surface area (Å²) >= 11 is 0. The van der Waals surface area contributed by atoms with Crippen LogP contribution in [0.3, 0.4) is 0 Å². The number of aryl methyl sites for hydroxylation is 2. The number of phenols is 1. The van der Waals surface area contributed by atoms with Gasteiger partial charge in [0.05, 0.1) is 42.5 Å². The van der Waals surface area contributed by atoms with E-state index in [2.05, 4.69) is 4.98 Å². The van der Waals surface area contributed by atoms with E-state index < -0.39 is 36.4 Å². The molecule has 2 aliphatic rings. The number of aliphatic hydroxyl groups is 3. The molecule has 42 heavy (non-hydrogen) atoms. The Bertz CT molecular complexity index is 1510. The summed E-state index contributed by atoms with van der Waals surface area (Å²) in [5.74, 6) is -2.83. The zero-order valence-electron chi connectivity index (χ0n) is 23.8. The molecule has 0 bridgehead atoms. The molecule has 3 aromatic rings. The maximum Gasteiger partial charge on any atom is 0.238 e. The van der Waals surface area contributed by atoms with Gasteiger partial charge in [-0.05, 0) is 109 Å². The second-order valence-corrected chi connectivity index (χ2v) is 11.1. The highest BCUT2D eigenvalue weighted by atomic mass is 16.3. The number of hydrogen-bond acceptors (Lipinski definition) is 7. The highest BCUT2D eigenvalue weighted by molar-refractivity contribution is 6.22. The molecule has 2 heterocycles. The Morgan fingerprint density at radius 1 is 1.02 bits per heavy atom. The molecule has 218 valence electrons. The van der Waals surface area contributed by atoms with Gasteiger partial charge in [0.25, 0.3) is 0 Å². The van der Waals surface area contributed by atoms with Crippen LogP contribution in [0, 0.1) is 31.6 Å². The molecule has 8 heteroatoms. The summed E-state index contributed by atoms with van der Waals surface area (Å²) in [6.07, 6.45) is 3.42. The monoisotopic (exact) mass is 568 g/mol. The number of amides is 2. The number of imide groups is 1. The Morgan fingerprint density at radius 2 is 1.71 bits per heavy atom. The number of nitrogens with zero attached hydrogens (tertiary/aromatic N) is 2. The first kappa shape index (κ1) is 29.4. The predicted octanol–water partition coefficient (Wildman–Crippen LogP) is 4.19. The average molecular weight is 569 g/mol. The van der Waals surface area contributed by atoms with Crippen molar-refractivity contribution in [1.82, 2.24) is 4.98 Å². The number of carbonyl (C=O) groups is 2. The molecule has 1 saturated heterocycles. The van der Waals surface area contributed by atoms with E-state index >= 15 is 0 Å². The first-order valence-corrected chi connectivity index (χ1v) is 14.2. The summed E-state index contributed by atoms with van der Waals surface area (Å²) in [6, 6.07) is 18.1. The van der Waals surface area contributed by atoms with Crippen molar-refractivity contribution in [2.24, 2.45) is 17.8 Å². The van der Waals surface area contributed by atoms with E-state index in [-0.39, 0.29) is 31.1 Å². The van der Waals surface area contributed by atoms with Crippen molar-refractivity contribution in [2.45, 2.75) is 39.2 Å². The Balaban J connectivity index is 1.44. The number of aromatic nitrogens is 1. The topological polar surface area (TPSA) is 131 Å². The molecule has 4 N–H and O–H groups in total. The van der Waals surface area contributed by atoms with Crippen LogP contribution in [0.1, 0.15) is 41.6 Å². The van der Waals surface area contributed by atoms with Crippen LogP contribution in [0.2, 0.25) is 0 Å². The summed E-state index contributed by atoms with van der Waals surface area (Å²) in [5.41, 5.74) is 5.39. The van der Waals surface area contributed by atoms with Crippen LogP contribution in [0.15, 0.2) is 78.0 Å². The summed E-state index contributed by atoms with van der Waals surface area (Å²) < 4.78 is 0. The number of anilines is 1. The lowest BCUT2D eigenvalue weighted by Gasteiger charge is -2.36. The number of phenolic OH excluding ortho intramolecular Hbond substituents is 1. The number of fused-ring (bicyclic) bond motifs is 1. The third-order valence-electron chi connectivity index (χ3n) is 8.48. The quantitative estimate of drug-likeness (QED) is 0.225. The molecule has 0 radical (unpaired) electrons. The van der Waals surface area contributed by atoms with Gasteiger partial charge in [-0.3, -0.25) is 19.5 Å². The first-order valence-electron chi connectivity index (χ1n) is 14.2. The molecule has 5 rings (SSSR count). The van der Waals surface area contributed by atoms with E-state index in [1.807, 2.05) is 50.3 Å². The van der Waals surface area contributed by atoms with Gasteiger partial charge >= 0.3 is 0 Å². The normalized spacial score (nSPS) is 21.6. The van der Waals surface area contributed by atoms with E-state index in [0.29, 0.717) is 23.3 Å². The summed E-state index contributed by atoms with van der Waals surface area (Å²) in [7, 11) is 0. The van der Waals surface area contributed by atoms with Crippen LogP contribution in [0.5, 0.6) is 5.75 Å². The van der Waals surface area contributed by atoms with Crippen molar-refractivity contribution in [3.63, 3.8) is 0 Å². The van der Waals surface area contributed by atoms with Crippen molar-refractivity contribution < 1.29 is 30.0 Å². The highest BCUT2D eigenvalue weighted by Gasteiger charge is 2.55. The van der Waals surface area contributed by atoms with Crippen molar-refractivity contribution in [3.05, 3.63) is 100 Å². The van der Waals surface area contributed by atoms with Crippen LogP contribution in [-0.2, 0) is 9.59 Å². The summed E-state index contributed by atoms with van der Waals surface area (Å²) in [6.45, 7) is 2.86. The van der Waals surface area contributed by atoms with E-state index in [1.165, 1.54) is 4.90 Å². The second kappa shape index (κ2) is 12.4. The van der Waals surface area contributed by atoms with Gasteiger partial charge in [-0.15, -0.1) is 0 Å². The maximum atomic E-state index is 13.6. The van der Waals surface area contributed by atoms with E-state index in [0.717, 1.165) is 28.0 Å². The lowest BCUT2D eigenvalue weighted by atomic mass is 9.68. The zero-order chi connectivity index (χ0) is 30.0. The van der Waals surface area contributed by atoms with Crippen molar-refractivity contribution in [2.75, 3.05) is 18.1 Å². The number of para-hydroxylation sites is 1. The molecule has 2 amide bonds. The number of hydrogen-bond donors (Lipinski definition) is 4. The van der Waals surface area contributed by atoms with Gasteiger partial charge in [-0.2, -0.15) is 0 Å². The molecular weight excluding hydrogens is 532 g/mol. The third-order valence-corrected chi connectivity index (χ3v) is 8.48. The Labute approximate surface area is 245 Å². The molecule has 1 aliphatic heterocycles. The van der Waals surface area contributed by atoms with Crippen LogP contribution in [-0.4, -0.2) is 56.5 Å². The number of carbonyl (C=O) groups excluding carboxylic acids is 2. The van der Waals surface area contributed by atoms with Crippen molar-refractivity contribution in [1.29, 1.82) is 0 Å². The fourth-order valence-electron chi connectivity index (χ4n) is 6.49. The Morgan fingerprint density at radius 3 is 2.33 bits per heavy atom. The fraction of sp³-hybridized carbons (Fsp3) is 0.324. The van der Waals surface area contributed by atoms with Gasteiger partial charge in [0.1, 0.15) is 5.75 Å². The standard InChI is InChI=1S/C34H36N2O6/c1-20-14-22(15-21(2)32(20)40)16-23(28-10-6-7-13-35-28)11-12-29(39)30-24(18-37)17-26-31(27(30)19-38)34(42)36(33(26)41)25-8-4-3-5-9-25/h3-10,13-16,26-27,29,31,37-40H,11-12,17-19H2,1-2H3/b23-16-/t26-,27+,29-,31-/m1/s1. The third kappa shape index (κ3) is 5.53. The van der Waals surface area contributed by atoms with Crippen LogP contribution >= 0.6 is 0 Å². The SMILES string of the molecule is Cc1cc(/C=C(/CC[C@@H](O)C2=C(CO)C[C@H]3C(=O)N(c4ccccc4)C(=O)[C@H]3[C@H]2CO)c2ccccn2)cc(C)c1O. The first-order chi connectivity index (χ1) is 20.2. The smallest absolute Gasteiger partial charge is 0.238 e. The number of rotatable bonds is 9. The largest absolute Gasteiger partial charge is 0.507 e. The van der Waals surface area contributed by atoms with E-state index in [4.69, 9.17) is 0 Å². The fourth-order valence-corrected chi connectivity index (χ4v) is 6.49. The van der Waals surface area contributed by atoms with Crippen LogP contribution in [0.4, 0.5) is 5.69 Å². The van der Waals surface area contributed by atoms with Crippen LogP contribution in [0.25, 0.3) is 11.6 Å². The maximum absolute atomic E-state index is 13.6. The number of allylic oxidation sites excluding steroid dienone is 1. The van der Waals surface area contributed by atoms with Gasteiger partial charge < -0.3 is 20.4 Å². The number of aliphatic hydroxyl groups excluding tert-OH is 3. The van der Waals surface area contributed by atoms with Gasteiger partial charge in [0, 0.05) is 12.1 Å². The van der Waals surface area contributed by atoms with Gasteiger partial charge in [0.15, 0.2) is 0 Å². The van der Waals surface area contributed by atoms with Gasteiger partial charge in [-0.25, -0.2) is 0 Å². The Kier molecular flexibility index (Phi) is 8.68. The van der Waals surface area contributed by atoms with Crippen molar-refractivity contribution in [3.8, 4) is 5.75 Å². The molecule has 4 atom stereocenters. The molecule has 0 unspecified atom stereocenters. The summed E-state index contributed by atoms with van der Waals surface area (Å²) in [5, 5.41) is 42.6. The highest BCUT2D eigenvalue weighted by Crippen LogP contribution is 2.47. The molecular formula is C34H36N2O6. The molecule has 8 nitrogen and oxygen atoms in total. The summed E-state index contributed by atoms with van der Waals surface area (Å²) in [4.78, 5) is 32.7. The minimum atomic E-state index is -1.06.